The summed E-state index contributed by atoms with van der Waals surface area (Å²) < 4.78 is 68.0. The Morgan fingerprint density at radius 2 is 1.81 bits per heavy atom. The minimum Gasteiger partial charge on any atom is -0.496 e. The third kappa shape index (κ3) is 7.58. The maximum Gasteiger partial charge on any atom is 0.401 e. The molecule has 4 aromatic rings. The van der Waals surface area contributed by atoms with Crippen LogP contribution in [-0.4, -0.2) is 52.7 Å². The summed E-state index contributed by atoms with van der Waals surface area (Å²) in [6, 6.07) is 13.0. The van der Waals surface area contributed by atoms with Gasteiger partial charge >= 0.3 is 12.1 Å². The van der Waals surface area contributed by atoms with Gasteiger partial charge in [0.15, 0.2) is 11.6 Å². The number of nitrogens with zero attached hydrogens (tertiary/aromatic N) is 3. The molecule has 1 atom stereocenters. The van der Waals surface area contributed by atoms with E-state index < -0.39 is 30.5 Å². The predicted molar refractivity (Wildman–Crippen MR) is 188 cm³/mol. The van der Waals surface area contributed by atoms with Crippen LogP contribution in [0.3, 0.4) is 0 Å². The number of fused-ring (bicyclic) bond motifs is 2. The number of halogens is 5. The number of hydrogen-bond acceptors (Lipinski definition) is 8. The Balaban J connectivity index is 1.08. The predicted octanol–water partition coefficient (Wildman–Crippen LogP) is 7.39. The molecule has 3 aromatic carbocycles. The molecule has 1 aromatic heterocycles. The van der Waals surface area contributed by atoms with Crippen molar-refractivity contribution in [2.24, 2.45) is 13.0 Å². The zero-order valence-corrected chi connectivity index (χ0v) is 30.1. The Hall–Kier alpha value is -4.66. The summed E-state index contributed by atoms with van der Waals surface area (Å²) in [5, 5.41) is 2.75. The van der Waals surface area contributed by atoms with Gasteiger partial charge in [-0.1, -0.05) is 41.9 Å². The fourth-order valence-electron chi connectivity index (χ4n) is 7.19. The van der Waals surface area contributed by atoms with E-state index in [9.17, 15) is 22.8 Å². The first-order chi connectivity index (χ1) is 25.3. The second kappa shape index (κ2) is 14.6. The minimum absolute atomic E-state index is 0.0186. The third-order valence-corrected chi connectivity index (χ3v) is 10.4. The standard InChI is InChI=1S/C38H38ClF4N5O5/c1-20-22(6-5-9-27(20)46-36(49)35-45-28-18-48(19-38(41,42)43)15-14-29(28)47(35)2)23-7-4-8-25-24(23)12-13-30(25)52-32-16-31(51-3)26(34(40)33(32)39)17-44-53-37(50)21-10-11-21/h4-9,16,21,30,44H,10-15,17-19H2,1-3H3,(H,46,49). The van der Waals surface area contributed by atoms with Crippen LogP contribution in [0.1, 0.15) is 69.6 Å². The van der Waals surface area contributed by atoms with E-state index in [0.717, 1.165) is 46.4 Å². The number of hydroxylamine groups is 1. The molecule has 2 aliphatic carbocycles. The van der Waals surface area contributed by atoms with Crippen molar-refractivity contribution < 1.29 is 41.5 Å². The van der Waals surface area contributed by atoms with Crippen molar-refractivity contribution in [1.29, 1.82) is 0 Å². The smallest absolute Gasteiger partial charge is 0.401 e. The van der Waals surface area contributed by atoms with Crippen molar-refractivity contribution in [3.8, 4) is 22.6 Å². The Morgan fingerprint density at radius 3 is 2.55 bits per heavy atom. The highest BCUT2D eigenvalue weighted by Crippen LogP contribution is 2.45. The van der Waals surface area contributed by atoms with Crippen LogP contribution in [0.5, 0.6) is 11.5 Å². The average Bonchev–Trinajstić information content (AvgIpc) is 3.82. The van der Waals surface area contributed by atoms with E-state index in [2.05, 4.69) is 15.8 Å². The number of imidazole rings is 1. The number of benzene rings is 3. The fraction of sp³-hybridized carbons (Fsp3) is 0.395. The van der Waals surface area contributed by atoms with Gasteiger partial charge in [-0.2, -0.15) is 13.2 Å². The van der Waals surface area contributed by atoms with Crippen LogP contribution in [0.25, 0.3) is 11.1 Å². The van der Waals surface area contributed by atoms with Gasteiger partial charge in [-0.3, -0.25) is 14.5 Å². The third-order valence-electron chi connectivity index (χ3n) is 10.1. The summed E-state index contributed by atoms with van der Waals surface area (Å²) in [6.07, 6.45) is -1.56. The second-order valence-electron chi connectivity index (χ2n) is 13.6. The molecular formula is C38H38ClF4N5O5. The summed E-state index contributed by atoms with van der Waals surface area (Å²) in [7, 11) is 3.11. The largest absolute Gasteiger partial charge is 0.496 e. The van der Waals surface area contributed by atoms with Gasteiger partial charge in [-0.25, -0.2) is 9.37 Å². The van der Waals surface area contributed by atoms with Crippen LogP contribution in [0.2, 0.25) is 5.02 Å². The molecule has 10 nitrogen and oxygen atoms in total. The molecule has 53 heavy (non-hydrogen) atoms. The Morgan fingerprint density at radius 1 is 1.06 bits per heavy atom. The second-order valence-corrected chi connectivity index (χ2v) is 14.0. The van der Waals surface area contributed by atoms with Gasteiger partial charge in [0.1, 0.15) is 22.6 Å². The summed E-state index contributed by atoms with van der Waals surface area (Å²) in [6.45, 7) is 0.980. The van der Waals surface area contributed by atoms with E-state index >= 15 is 4.39 Å². The van der Waals surface area contributed by atoms with Crippen LogP contribution in [0.4, 0.5) is 23.2 Å². The van der Waals surface area contributed by atoms with E-state index in [-0.39, 0.29) is 59.4 Å². The zero-order valence-electron chi connectivity index (χ0n) is 29.3. The number of hydrogen-bond donors (Lipinski definition) is 2. The Labute approximate surface area is 308 Å². The number of alkyl halides is 3. The molecule has 1 fully saturated rings. The lowest BCUT2D eigenvalue weighted by Gasteiger charge is -2.27. The summed E-state index contributed by atoms with van der Waals surface area (Å²) >= 11 is 6.48. The van der Waals surface area contributed by atoms with Gasteiger partial charge in [0.25, 0.3) is 5.91 Å². The number of carbonyl (C=O) groups is 2. The van der Waals surface area contributed by atoms with Gasteiger partial charge in [-0.15, -0.1) is 5.48 Å². The molecular weight excluding hydrogens is 718 g/mol. The van der Waals surface area contributed by atoms with Crippen LogP contribution in [0.15, 0.2) is 42.5 Å². The molecule has 0 radical (unpaired) electrons. The zero-order chi connectivity index (χ0) is 37.6. The first-order valence-corrected chi connectivity index (χ1v) is 17.7. The number of rotatable bonds is 11. The highest BCUT2D eigenvalue weighted by atomic mass is 35.5. The normalized spacial score (nSPS) is 16.9. The van der Waals surface area contributed by atoms with Crippen LogP contribution < -0.4 is 20.3 Å². The molecule has 1 unspecified atom stereocenters. The van der Waals surface area contributed by atoms with E-state index in [0.29, 0.717) is 30.6 Å². The molecule has 3 aliphatic rings. The molecule has 0 saturated heterocycles. The Kier molecular flexibility index (Phi) is 10.1. The van der Waals surface area contributed by atoms with Crippen molar-refractivity contribution in [2.75, 3.05) is 25.5 Å². The van der Waals surface area contributed by atoms with Crippen molar-refractivity contribution >= 4 is 29.2 Å². The van der Waals surface area contributed by atoms with E-state index in [1.165, 1.54) is 18.1 Å². The molecule has 280 valence electrons. The summed E-state index contributed by atoms with van der Waals surface area (Å²) in [5.41, 5.74) is 9.03. The number of amides is 1. The highest BCUT2D eigenvalue weighted by molar-refractivity contribution is 6.32. The average molecular weight is 756 g/mol. The molecule has 0 spiro atoms. The molecule has 15 heteroatoms. The molecule has 1 aliphatic heterocycles. The van der Waals surface area contributed by atoms with E-state index in [4.69, 9.17) is 25.9 Å². The van der Waals surface area contributed by atoms with Crippen molar-refractivity contribution in [2.45, 2.75) is 64.4 Å². The first kappa shape index (κ1) is 36.7. The molecule has 2 heterocycles. The number of carbonyl (C=O) groups excluding carboxylic acids is 2. The summed E-state index contributed by atoms with van der Waals surface area (Å²) in [5.74, 6) is -1.27. The lowest BCUT2D eigenvalue weighted by molar-refractivity contribution is -0.153. The van der Waals surface area contributed by atoms with Gasteiger partial charge in [0.05, 0.1) is 31.8 Å². The van der Waals surface area contributed by atoms with Crippen LogP contribution in [0, 0.1) is 18.7 Å². The minimum atomic E-state index is -4.32. The van der Waals surface area contributed by atoms with Gasteiger partial charge in [-0.05, 0) is 66.5 Å². The maximum atomic E-state index is 15.5. The van der Waals surface area contributed by atoms with Crippen molar-refractivity contribution in [1.82, 2.24) is 19.9 Å². The van der Waals surface area contributed by atoms with Crippen LogP contribution >= 0.6 is 11.6 Å². The van der Waals surface area contributed by atoms with E-state index in [1.807, 2.05) is 37.3 Å². The van der Waals surface area contributed by atoms with Gasteiger partial charge in [0.2, 0.25) is 0 Å². The van der Waals surface area contributed by atoms with Crippen molar-refractivity contribution in [3.63, 3.8) is 0 Å². The topological polar surface area (TPSA) is 107 Å². The fourth-order valence-corrected chi connectivity index (χ4v) is 7.41. The highest BCUT2D eigenvalue weighted by Gasteiger charge is 2.35. The van der Waals surface area contributed by atoms with Gasteiger partial charge < -0.3 is 24.2 Å². The molecule has 1 saturated carbocycles. The molecule has 7 rings (SSSR count). The first-order valence-electron chi connectivity index (χ1n) is 17.3. The lowest BCUT2D eigenvalue weighted by atomic mass is 9.93. The number of anilines is 1. The quantitative estimate of drug-likeness (QED) is 0.121. The Bertz CT molecular complexity index is 2080. The summed E-state index contributed by atoms with van der Waals surface area (Å²) in [4.78, 5) is 36.2. The SMILES string of the molecule is COc1cc(OC2CCc3c(-c4cccc(NC(=O)c5nc6c(n5C)CCN(CC(F)(F)F)C6)c4C)cccc32)c(Cl)c(F)c1CNOC(=O)C1CC1. The van der Waals surface area contributed by atoms with Gasteiger partial charge in [0, 0.05) is 49.6 Å². The number of methoxy groups -OCH3 is 1. The molecule has 0 bridgehead atoms. The number of ether oxygens (including phenoxy) is 2. The number of aromatic nitrogens is 2. The number of nitrogens with one attached hydrogen (secondary N) is 2. The van der Waals surface area contributed by atoms with Crippen LogP contribution in [-0.2, 0) is 42.6 Å². The lowest BCUT2D eigenvalue weighted by Crippen LogP contribution is -2.38. The van der Waals surface area contributed by atoms with E-state index in [1.54, 1.807) is 17.7 Å². The molecule has 2 N–H and O–H groups in total. The maximum absolute atomic E-state index is 15.5. The molecule has 1 amide bonds. The van der Waals surface area contributed by atoms with Crippen molar-refractivity contribution in [3.05, 3.63) is 92.8 Å². The monoisotopic (exact) mass is 755 g/mol.